The van der Waals surface area contributed by atoms with Gasteiger partial charge in [-0.25, -0.2) is 0 Å². The minimum atomic E-state index is 0.474. The van der Waals surface area contributed by atoms with Gasteiger partial charge in [-0.05, 0) is 60.3 Å². The van der Waals surface area contributed by atoms with Crippen LogP contribution in [0.2, 0.25) is 0 Å². The van der Waals surface area contributed by atoms with E-state index in [9.17, 15) is 0 Å². The quantitative estimate of drug-likeness (QED) is 0.300. The molecule has 2 nitrogen and oxygen atoms in total. The monoisotopic (exact) mass is 419 g/mol. The topological polar surface area (TPSA) is 26.0 Å². The summed E-state index contributed by atoms with van der Waals surface area (Å²) in [5.74, 6) is 2.10. The molecule has 32 heavy (non-hydrogen) atoms. The van der Waals surface area contributed by atoms with E-state index < -0.39 is 0 Å². The maximum atomic E-state index is 5.72. The van der Waals surface area contributed by atoms with Crippen LogP contribution in [0.4, 0.5) is 0 Å². The minimum absolute atomic E-state index is 0.474. The predicted molar refractivity (Wildman–Crippen MR) is 133 cm³/mol. The number of aryl methyl sites for hydroxylation is 1. The largest absolute Gasteiger partial charge is 0.355 e. The molecule has 1 fully saturated rings. The van der Waals surface area contributed by atoms with Crippen LogP contribution in [-0.2, 0) is 0 Å². The number of nitrogens with zero attached hydrogens (tertiary/aromatic N) is 1. The Morgan fingerprint density at radius 3 is 2.16 bits per heavy atom. The van der Waals surface area contributed by atoms with Gasteiger partial charge in [-0.2, -0.15) is 0 Å². The van der Waals surface area contributed by atoms with E-state index in [1.54, 1.807) is 0 Å². The zero-order chi connectivity index (χ0) is 21.9. The van der Waals surface area contributed by atoms with Gasteiger partial charge in [0, 0.05) is 11.1 Å². The lowest BCUT2D eigenvalue weighted by Gasteiger charge is -2.08. The van der Waals surface area contributed by atoms with Crippen LogP contribution in [0.5, 0.6) is 0 Å². The van der Waals surface area contributed by atoms with Gasteiger partial charge in [0.1, 0.15) is 0 Å². The maximum absolute atomic E-state index is 5.72. The second-order valence-corrected chi connectivity index (χ2v) is 8.93. The molecule has 0 radical (unpaired) electrons. The molecule has 0 amide bonds. The molecule has 4 aromatic rings. The van der Waals surface area contributed by atoms with Crippen LogP contribution in [0, 0.1) is 6.92 Å². The van der Waals surface area contributed by atoms with Crippen LogP contribution < -0.4 is 0 Å². The van der Waals surface area contributed by atoms with Gasteiger partial charge in [-0.1, -0.05) is 103 Å². The third-order valence-corrected chi connectivity index (χ3v) is 6.49. The van der Waals surface area contributed by atoms with Gasteiger partial charge < -0.3 is 4.52 Å². The fourth-order valence-corrected chi connectivity index (χ4v) is 4.27. The summed E-state index contributed by atoms with van der Waals surface area (Å²) in [6, 6.07) is 28.3. The molecule has 1 atom stereocenters. The van der Waals surface area contributed by atoms with Gasteiger partial charge in [0.25, 0.3) is 0 Å². The Hall–Kier alpha value is -3.39. The van der Waals surface area contributed by atoms with Crippen molar-refractivity contribution < 1.29 is 4.52 Å². The maximum Gasteiger partial charge on any atom is 0.174 e. The van der Waals surface area contributed by atoms with E-state index >= 15 is 0 Å². The van der Waals surface area contributed by atoms with Gasteiger partial charge in [0.2, 0.25) is 0 Å². The highest BCUT2D eigenvalue weighted by Crippen LogP contribution is 2.40. The predicted octanol–water partition coefficient (Wildman–Crippen LogP) is 8.40. The summed E-state index contributed by atoms with van der Waals surface area (Å²) in [6.07, 6.45) is 8.05. The molecule has 1 unspecified atom stereocenters. The Labute approximate surface area is 190 Å². The summed E-state index contributed by atoms with van der Waals surface area (Å²) >= 11 is 0. The number of allylic oxidation sites excluding steroid dienone is 1. The van der Waals surface area contributed by atoms with Crippen molar-refractivity contribution in [2.24, 2.45) is 0 Å². The van der Waals surface area contributed by atoms with Crippen molar-refractivity contribution in [1.82, 2.24) is 5.16 Å². The first-order chi connectivity index (χ1) is 15.7. The van der Waals surface area contributed by atoms with Crippen molar-refractivity contribution in [2.75, 3.05) is 0 Å². The van der Waals surface area contributed by atoms with E-state index in [2.05, 4.69) is 103 Å². The Bertz CT molecular complexity index is 1200. The van der Waals surface area contributed by atoms with E-state index in [1.165, 1.54) is 35.1 Å². The molecule has 3 aromatic carbocycles. The highest BCUT2D eigenvalue weighted by atomic mass is 16.5. The molecule has 0 N–H and O–H groups in total. The summed E-state index contributed by atoms with van der Waals surface area (Å²) in [4.78, 5) is 0. The fraction of sp³-hybridized carbons (Fsp3) is 0.233. The van der Waals surface area contributed by atoms with Gasteiger partial charge in [0.05, 0.1) is 5.69 Å². The summed E-state index contributed by atoms with van der Waals surface area (Å²) in [7, 11) is 0. The molecule has 0 saturated heterocycles. The van der Waals surface area contributed by atoms with Crippen LogP contribution in [0.15, 0.2) is 89.5 Å². The Balaban J connectivity index is 1.32. The zero-order valence-electron chi connectivity index (χ0n) is 18.8. The molecule has 1 heterocycles. The molecule has 0 aliphatic heterocycles. The van der Waals surface area contributed by atoms with Crippen molar-refractivity contribution in [2.45, 2.75) is 44.9 Å². The number of rotatable bonds is 7. The molecule has 1 saturated carbocycles. The van der Waals surface area contributed by atoms with Gasteiger partial charge in [-0.3, -0.25) is 0 Å². The standard InChI is InChI=1S/C30H29NO/c1-21(23-8-4-3-5-9-23)7-6-10-29-22(2)31-32-30(29)28-19-17-27(18-20-28)26-15-13-25(14-16-26)24-11-12-24/h3-6,8-10,13-21,24H,7,11-12H2,1-2H3/b10-6+. The third kappa shape index (κ3) is 4.45. The highest BCUT2D eigenvalue weighted by molar-refractivity contribution is 5.74. The van der Waals surface area contributed by atoms with E-state index in [1.807, 2.05) is 6.92 Å². The molecule has 1 aromatic heterocycles. The Morgan fingerprint density at radius 1 is 0.875 bits per heavy atom. The van der Waals surface area contributed by atoms with Crippen LogP contribution in [0.25, 0.3) is 28.5 Å². The summed E-state index contributed by atoms with van der Waals surface area (Å²) < 4.78 is 5.72. The smallest absolute Gasteiger partial charge is 0.174 e. The summed E-state index contributed by atoms with van der Waals surface area (Å²) in [5, 5.41) is 4.24. The lowest BCUT2D eigenvalue weighted by atomic mass is 9.96. The lowest BCUT2D eigenvalue weighted by molar-refractivity contribution is 0.427. The van der Waals surface area contributed by atoms with E-state index in [0.717, 1.165) is 34.9 Å². The third-order valence-electron chi connectivity index (χ3n) is 6.49. The van der Waals surface area contributed by atoms with Crippen molar-refractivity contribution >= 4 is 6.08 Å². The van der Waals surface area contributed by atoms with Gasteiger partial charge in [0.15, 0.2) is 5.76 Å². The molecule has 160 valence electrons. The molecule has 0 bridgehead atoms. The van der Waals surface area contributed by atoms with Gasteiger partial charge in [-0.15, -0.1) is 0 Å². The fourth-order valence-electron chi connectivity index (χ4n) is 4.27. The summed E-state index contributed by atoms with van der Waals surface area (Å²) in [6.45, 7) is 4.26. The van der Waals surface area contributed by atoms with E-state index in [-0.39, 0.29) is 0 Å². The van der Waals surface area contributed by atoms with Crippen molar-refractivity contribution in [3.05, 3.63) is 107 Å². The van der Waals surface area contributed by atoms with Crippen LogP contribution >= 0.6 is 0 Å². The van der Waals surface area contributed by atoms with Crippen molar-refractivity contribution in [3.8, 4) is 22.5 Å². The molecule has 2 heteroatoms. The van der Waals surface area contributed by atoms with Crippen molar-refractivity contribution in [3.63, 3.8) is 0 Å². The average Bonchev–Trinajstić information content (AvgIpc) is 3.63. The number of benzene rings is 3. The first-order valence-corrected chi connectivity index (χ1v) is 11.6. The Morgan fingerprint density at radius 2 is 1.50 bits per heavy atom. The average molecular weight is 420 g/mol. The van der Waals surface area contributed by atoms with Crippen LogP contribution in [0.1, 0.15) is 60.4 Å². The molecule has 1 aliphatic carbocycles. The molecular formula is C30H29NO. The summed E-state index contributed by atoms with van der Waals surface area (Å²) in [5.41, 5.74) is 8.35. The molecular weight excluding hydrogens is 390 g/mol. The SMILES string of the molecule is Cc1noc(-c2ccc(-c3ccc(C4CC4)cc3)cc2)c1/C=C/CC(C)c1ccccc1. The second kappa shape index (κ2) is 9.00. The lowest BCUT2D eigenvalue weighted by Crippen LogP contribution is -1.90. The first kappa shape index (κ1) is 20.5. The first-order valence-electron chi connectivity index (χ1n) is 11.6. The second-order valence-electron chi connectivity index (χ2n) is 8.93. The van der Waals surface area contributed by atoms with Crippen molar-refractivity contribution in [1.29, 1.82) is 0 Å². The normalized spacial score (nSPS) is 14.7. The Kier molecular flexibility index (Phi) is 5.77. The number of hydrogen-bond donors (Lipinski definition) is 0. The zero-order valence-corrected chi connectivity index (χ0v) is 18.8. The molecule has 0 spiro atoms. The number of hydrogen-bond acceptors (Lipinski definition) is 2. The van der Waals surface area contributed by atoms with Crippen LogP contribution in [-0.4, -0.2) is 5.16 Å². The molecule has 5 rings (SSSR count). The van der Waals surface area contributed by atoms with E-state index in [4.69, 9.17) is 4.52 Å². The van der Waals surface area contributed by atoms with E-state index in [0.29, 0.717) is 5.92 Å². The number of aromatic nitrogens is 1. The van der Waals surface area contributed by atoms with Gasteiger partial charge >= 0.3 is 0 Å². The molecule has 1 aliphatic rings. The minimum Gasteiger partial charge on any atom is -0.355 e. The van der Waals surface area contributed by atoms with Crippen LogP contribution in [0.3, 0.4) is 0 Å². The highest BCUT2D eigenvalue weighted by Gasteiger charge is 2.23.